The largest absolute Gasteiger partial charge is 0.457 e. The van der Waals surface area contributed by atoms with E-state index in [9.17, 15) is 9.59 Å². The molecule has 1 rings (SSSR count). The molecule has 1 aromatic heterocycles. The summed E-state index contributed by atoms with van der Waals surface area (Å²) in [5.41, 5.74) is 0. The van der Waals surface area contributed by atoms with Crippen LogP contribution in [0.2, 0.25) is 0 Å². The number of hydrogen-bond donors (Lipinski definition) is 0. The minimum Gasteiger partial charge on any atom is -0.457 e. The van der Waals surface area contributed by atoms with E-state index in [1.54, 1.807) is 31.1 Å². The van der Waals surface area contributed by atoms with E-state index in [0.717, 1.165) is 6.54 Å². The minimum atomic E-state index is 0.0500. The lowest BCUT2D eigenvalue weighted by atomic mass is 10.3. The van der Waals surface area contributed by atoms with Crippen LogP contribution in [-0.2, 0) is 11.3 Å². The van der Waals surface area contributed by atoms with Gasteiger partial charge in [-0.05, 0) is 18.7 Å². The van der Waals surface area contributed by atoms with E-state index < -0.39 is 0 Å². The summed E-state index contributed by atoms with van der Waals surface area (Å²) in [6, 6.07) is 3.39. The second kappa shape index (κ2) is 6.20. The molecule has 0 N–H and O–H groups in total. The fraction of sp³-hybridized carbons (Fsp3) is 0.500. The summed E-state index contributed by atoms with van der Waals surface area (Å²) < 4.78 is 5.27. The first-order valence-electron chi connectivity index (χ1n) is 5.53. The van der Waals surface area contributed by atoms with E-state index >= 15 is 0 Å². The van der Waals surface area contributed by atoms with Gasteiger partial charge in [0.1, 0.15) is 5.76 Å². The Labute approximate surface area is 101 Å². The minimum absolute atomic E-state index is 0.0500. The van der Waals surface area contributed by atoms with Gasteiger partial charge in [-0.3, -0.25) is 14.5 Å². The summed E-state index contributed by atoms with van der Waals surface area (Å²) in [5.74, 6) is 1.06. The molecule has 0 bridgehead atoms. The Morgan fingerprint density at radius 2 is 2.12 bits per heavy atom. The Balaban J connectivity index is 2.57. The molecule has 0 aromatic carbocycles. The Bertz CT molecular complexity index is 385. The average molecular weight is 238 g/mol. The van der Waals surface area contributed by atoms with E-state index in [-0.39, 0.29) is 5.91 Å². The Morgan fingerprint density at radius 1 is 1.41 bits per heavy atom. The number of rotatable bonds is 6. The molecule has 0 atom stereocenters. The molecule has 0 spiro atoms. The number of nitrogens with zero attached hydrogens (tertiary/aromatic N) is 2. The molecule has 94 valence electrons. The second-order valence-corrected chi connectivity index (χ2v) is 4.01. The van der Waals surface area contributed by atoms with Crippen LogP contribution in [0.25, 0.3) is 0 Å². The fourth-order valence-corrected chi connectivity index (χ4v) is 1.38. The van der Waals surface area contributed by atoms with Crippen LogP contribution < -0.4 is 0 Å². The van der Waals surface area contributed by atoms with Crippen molar-refractivity contribution in [2.24, 2.45) is 0 Å². The molecule has 5 heteroatoms. The van der Waals surface area contributed by atoms with Crippen LogP contribution in [0.15, 0.2) is 16.5 Å². The summed E-state index contributed by atoms with van der Waals surface area (Å²) in [6.45, 7) is 3.60. The molecule has 0 radical (unpaired) electrons. The first kappa shape index (κ1) is 13.4. The van der Waals surface area contributed by atoms with Gasteiger partial charge in [-0.2, -0.15) is 0 Å². The van der Waals surface area contributed by atoms with Crippen molar-refractivity contribution in [3.8, 4) is 0 Å². The second-order valence-electron chi connectivity index (χ2n) is 4.01. The van der Waals surface area contributed by atoms with Crippen molar-refractivity contribution in [1.82, 2.24) is 9.80 Å². The lowest BCUT2D eigenvalue weighted by Gasteiger charge is -2.20. The molecule has 0 aliphatic rings. The molecule has 1 heterocycles. The van der Waals surface area contributed by atoms with Gasteiger partial charge in [-0.1, -0.05) is 6.92 Å². The highest BCUT2D eigenvalue weighted by Gasteiger charge is 2.12. The zero-order valence-electron chi connectivity index (χ0n) is 10.5. The summed E-state index contributed by atoms with van der Waals surface area (Å²) in [7, 11) is 3.46. The van der Waals surface area contributed by atoms with Crippen LogP contribution in [0.1, 0.15) is 23.2 Å². The Morgan fingerprint density at radius 3 is 2.59 bits per heavy atom. The number of likely N-dealkylation sites (N-methyl/N-ethyl adjacent to an activating group) is 2. The molecular formula is C12H18N2O3. The van der Waals surface area contributed by atoms with Gasteiger partial charge in [-0.25, -0.2) is 0 Å². The van der Waals surface area contributed by atoms with Crippen LogP contribution in [0.5, 0.6) is 0 Å². The normalized spacial score (nSPS) is 10.6. The highest BCUT2D eigenvalue weighted by Crippen LogP contribution is 2.09. The fourth-order valence-electron chi connectivity index (χ4n) is 1.38. The van der Waals surface area contributed by atoms with E-state index in [1.807, 2.05) is 11.8 Å². The zero-order valence-corrected chi connectivity index (χ0v) is 10.5. The van der Waals surface area contributed by atoms with Gasteiger partial charge < -0.3 is 9.32 Å². The van der Waals surface area contributed by atoms with E-state index in [4.69, 9.17) is 4.42 Å². The molecule has 0 saturated heterocycles. The van der Waals surface area contributed by atoms with Crippen molar-refractivity contribution in [3.05, 3.63) is 23.7 Å². The third-order valence-corrected chi connectivity index (χ3v) is 2.48. The van der Waals surface area contributed by atoms with Crippen LogP contribution in [-0.4, -0.2) is 49.2 Å². The standard InChI is InChI=1S/C12H18N2O3/c1-4-14(8-12(16)13(2)3)7-10-5-6-11(9-15)17-10/h5-6,9H,4,7-8H2,1-3H3. The molecule has 1 aromatic rings. The third-order valence-electron chi connectivity index (χ3n) is 2.48. The predicted molar refractivity (Wildman–Crippen MR) is 63.7 cm³/mol. The van der Waals surface area contributed by atoms with Crippen molar-refractivity contribution in [2.75, 3.05) is 27.2 Å². The Kier molecular flexibility index (Phi) is 4.90. The van der Waals surface area contributed by atoms with Gasteiger partial charge in [0.2, 0.25) is 5.91 Å². The maximum absolute atomic E-state index is 11.6. The maximum Gasteiger partial charge on any atom is 0.236 e. The summed E-state index contributed by atoms with van der Waals surface area (Å²) in [6.07, 6.45) is 0.671. The molecule has 0 unspecified atom stereocenters. The first-order valence-corrected chi connectivity index (χ1v) is 5.53. The van der Waals surface area contributed by atoms with Crippen LogP contribution in [0.3, 0.4) is 0 Å². The Hall–Kier alpha value is -1.62. The highest BCUT2D eigenvalue weighted by molar-refractivity contribution is 5.77. The summed E-state index contributed by atoms with van der Waals surface area (Å²) in [5, 5.41) is 0. The molecule has 5 nitrogen and oxygen atoms in total. The van der Waals surface area contributed by atoms with E-state index in [1.165, 1.54) is 0 Å². The van der Waals surface area contributed by atoms with Gasteiger partial charge >= 0.3 is 0 Å². The number of furan rings is 1. The van der Waals surface area contributed by atoms with Crippen LogP contribution in [0.4, 0.5) is 0 Å². The quantitative estimate of drug-likeness (QED) is 0.694. The molecular weight excluding hydrogens is 220 g/mol. The van der Waals surface area contributed by atoms with E-state index in [0.29, 0.717) is 30.9 Å². The topological polar surface area (TPSA) is 53.8 Å². The maximum atomic E-state index is 11.6. The van der Waals surface area contributed by atoms with Crippen molar-refractivity contribution in [3.63, 3.8) is 0 Å². The lowest BCUT2D eigenvalue weighted by Crippen LogP contribution is -2.36. The van der Waals surface area contributed by atoms with Crippen LogP contribution >= 0.6 is 0 Å². The smallest absolute Gasteiger partial charge is 0.236 e. The summed E-state index contributed by atoms with van der Waals surface area (Å²) >= 11 is 0. The van der Waals surface area contributed by atoms with Gasteiger partial charge in [0.25, 0.3) is 0 Å². The molecule has 17 heavy (non-hydrogen) atoms. The number of aldehydes is 1. The van der Waals surface area contributed by atoms with Gasteiger partial charge in [0.15, 0.2) is 12.0 Å². The SMILES string of the molecule is CCN(CC(=O)N(C)C)Cc1ccc(C=O)o1. The molecule has 1 amide bonds. The predicted octanol–water partition coefficient (Wildman–Crippen LogP) is 1.00. The molecule has 0 aliphatic heterocycles. The number of hydrogen-bond acceptors (Lipinski definition) is 4. The molecule has 0 fully saturated rings. The average Bonchev–Trinajstić information content (AvgIpc) is 2.75. The zero-order chi connectivity index (χ0) is 12.8. The molecule has 0 saturated carbocycles. The van der Waals surface area contributed by atoms with Gasteiger partial charge in [0, 0.05) is 14.1 Å². The third kappa shape index (κ3) is 4.03. The monoisotopic (exact) mass is 238 g/mol. The highest BCUT2D eigenvalue weighted by atomic mass is 16.3. The van der Waals surface area contributed by atoms with Crippen molar-refractivity contribution in [2.45, 2.75) is 13.5 Å². The molecule has 0 aliphatic carbocycles. The lowest BCUT2D eigenvalue weighted by molar-refractivity contribution is -0.130. The number of amides is 1. The van der Waals surface area contributed by atoms with Crippen LogP contribution in [0, 0.1) is 0 Å². The van der Waals surface area contributed by atoms with Crippen molar-refractivity contribution in [1.29, 1.82) is 0 Å². The number of carbonyl (C=O) groups excluding carboxylic acids is 2. The van der Waals surface area contributed by atoms with E-state index in [2.05, 4.69) is 0 Å². The van der Waals surface area contributed by atoms with Crippen molar-refractivity contribution >= 4 is 12.2 Å². The summed E-state index contributed by atoms with van der Waals surface area (Å²) in [4.78, 5) is 25.5. The first-order chi connectivity index (χ1) is 8.06. The van der Waals surface area contributed by atoms with Crippen molar-refractivity contribution < 1.29 is 14.0 Å². The van der Waals surface area contributed by atoms with Gasteiger partial charge in [0.05, 0.1) is 13.1 Å². The number of carbonyl (C=O) groups is 2. The van der Waals surface area contributed by atoms with Gasteiger partial charge in [-0.15, -0.1) is 0 Å².